The van der Waals surface area contributed by atoms with Crippen LogP contribution in [0, 0.1) is 5.82 Å². The van der Waals surface area contributed by atoms with Gasteiger partial charge in [0.15, 0.2) is 6.61 Å². The van der Waals surface area contributed by atoms with Gasteiger partial charge < -0.3 is 10.1 Å². The molecule has 1 N–H and O–H groups in total. The van der Waals surface area contributed by atoms with Crippen molar-refractivity contribution < 1.29 is 18.7 Å². The number of aryl methyl sites for hydroxylation is 1. The van der Waals surface area contributed by atoms with E-state index >= 15 is 0 Å². The van der Waals surface area contributed by atoms with Crippen LogP contribution in [-0.2, 0) is 16.0 Å². The van der Waals surface area contributed by atoms with Crippen molar-refractivity contribution in [2.45, 2.75) is 25.3 Å². The van der Waals surface area contributed by atoms with Gasteiger partial charge in [0.25, 0.3) is 5.91 Å². The third kappa shape index (κ3) is 3.99. The second-order valence-electron chi connectivity index (χ2n) is 5.88. The number of halogens is 2. The van der Waals surface area contributed by atoms with Crippen LogP contribution < -0.4 is 5.32 Å². The summed E-state index contributed by atoms with van der Waals surface area (Å²) in [6, 6.07) is 11.7. The Labute approximate surface area is 149 Å². The molecule has 0 saturated heterocycles. The van der Waals surface area contributed by atoms with E-state index in [0.717, 1.165) is 30.9 Å². The maximum atomic E-state index is 13.7. The summed E-state index contributed by atoms with van der Waals surface area (Å²) < 4.78 is 18.6. The van der Waals surface area contributed by atoms with E-state index in [-0.39, 0.29) is 16.6 Å². The number of ether oxygens (including phenoxy) is 1. The van der Waals surface area contributed by atoms with Crippen molar-refractivity contribution in [3.63, 3.8) is 0 Å². The van der Waals surface area contributed by atoms with Crippen LogP contribution >= 0.6 is 11.6 Å². The van der Waals surface area contributed by atoms with Gasteiger partial charge in [0.2, 0.25) is 0 Å². The fraction of sp³-hybridized carbons (Fsp3) is 0.263. The number of fused-ring (bicyclic) bond motifs is 1. The summed E-state index contributed by atoms with van der Waals surface area (Å²) in [7, 11) is 0. The molecule has 1 aliphatic carbocycles. The molecule has 0 aromatic heterocycles. The molecule has 130 valence electrons. The van der Waals surface area contributed by atoms with Crippen molar-refractivity contribution in [2.75, 3.05) is 6.61 Å². The van der Waals surface area contributed by atoms with E-state index in [2.05, 4.69) is 5.32 Å². The predicted molar refractivity (Wildman–Crippen MR) is 92.0 cm³/mol. The Hall–Kier alpha value is -2.40. The smallest absolute Gasteiger partial charge is 0.343 e. The van der Waals surface area contributed by atoms with Gasteiger partial charge in [0.1, 0.15) is 11.4 Å². The lowest BCUT2D eigenvalue weighted by atomic mass is 9.88. The SMILES string of the molecule is O=C(COC(=O)c1c(F)cccc1Cl)N[C@@H]1CCCc2ccccc21. The zero-order valence-electron chi connectivity index (χ0n) is 13.4. The first-order valence-corrected chi connectivity index (χ1v) is 8.42. The highest BCUT2D eigenvalue weighted by atomic mass is 35.5. The minimum atomic E-state index is -0.956. The van der Waals surface area contributed by atoms with E-state index in [1.54, 1.807) is 0 Å². The molecule has 0 aliphatic heterocycles. The van der Waals surface area contributed by atoms with E-state index < -0.39 is 24.3 Å². The maximum Gasteiger partial charge on any atom is 0.343 e. The number of benzene rings is 2. The third-order valence-corrected chi connectivity index (χ3v) is 4.52. The second-order valence-corrected chi connectivity index (χ2v) is 6.29. The fourth-order valence-corrected chi connectivity index (χ4v) is 3.28. The molecular formula is C19H17ClFNO3. The van der Waals surface area contributed by atoms with Crippen LogP contribution in [0.15, 0.2) is 42.5 Å². The Morgan fingerprint density at radius 1 is 1.20 bits per heavy atom. The first-order valence-electron chi connectivity index (χ1n) is 8.04. The first kappa shape index (κ1) is 17.4. The summed E-state index contributed by atoms with van der Waals surface area (Å²) in [5.41, 5.74) is 1.94. The number of nitrogens with one attached hydrogen (secondary N) is 1. The average molecular weight is 362 g/mol. The predicted octanol–water partition coefficient (Wildman–Crippen LogP) is 3.83. The molecule has 0 spiro atoms. The van der Waals surface area contributed by atoms with Gasteiger partial charge in [-0.05, 0) is 42.5 Å². The molecule has 0 fully saturated rings. The minimum Gasteiger partial charge on any atom is -0.452 e. The van der Waals surface area contributed by atoms with Gasteiger partial charge in [0.05, 0.1) is 11.1 Å². The number of hydrogen-bond acceptors (Lipinski definition) is 3. The largest absolute Gasteiger partial charge is 0.452 e. The molecule has 0 unspecified atom stereocenters. The summed E-state index contributed by atoms with van der Waals surface area (Å²) in [5.74, 6) is -2.16. The Morgan fingerprint density at radius 3 is 2.80 bits per heavy atom. The minimum absolute atomic E-state index is 0.0494. The quantitative estimate of drug-likeness (QED) is 0.842. The molecule has 25 heavy (non-hydrogen) atoms. The molecule has 3 rings (SSSR count). The monoisotopic (exact) mass is 361 g/mol. The van der Waals surface area contributed by atoms with Crippen LogP contribution in [0.4, 0.5) is 4.39 Å². The van der Waals surface area contributed by atoms with E-state index in [9.17, 15) is 14.0 Å². The van der Waals surface area contributed by atoms with Crippen LogP contribution in [0.3, 0.4) is 0 Å². The van der Waals surface area contributed by atoms with Gasteiger partial charge in [-0.1, -0.05) is 41.9 Å². The van der Waals surface area contributed by atoms with Crippen molar-refractivity contribution >= 4 is 23.5 Å². The highest BCUT2D eigenvalue weighted by Crippen LogP contribution is 2.29. The molecule has 1 aliphatic rings. The van der Waals surface area contributed by atoms with Crippen LogP contribution in [0.5, 0.6) is 0 Å². The lowest BCUT2D eigenvalue weighted by molar-refractivity contribution is -0.125. The summed E-state index contributed by atoms with van der Waals surface area (Å²) in [6.07, 6.45) is 2.80. The van der Waals surface area contributed by atoms with Crippen molar-refractivity contribution in [3.05, 3.63) is 70.0 Å². The standard InChI is InChI=1S/C19H17ClFNO3/c20-14-8-4-9-15(21)18(14)19(24)25-11-17(23)22-16-10-3-6-12-5-1-2-7-13(12)16/h1-2,4-5,7-9,16H,3,6,10-11H2,(H,22,23)/t16-/m1/s1. The van der Waals surface area contributed by atoms with E-state index in [4.69, 9.17) is 16.3 Å². The maximum absolute atomic E-state index is 13.7. The number of hydrogen-bond donors (Lipinski definition) is 1. The Morgan fingerprint density at radius 2 is 2.00 bits per heavy atom. The average Bonchev–Trinajstić information content (AvgIpc) is 2.60. The molecule has 0 heterocycles. The third-order valence-electron chi connectivity index (χ3n) is 4.21. The number of carbonyl (C=O) groups excluding carboxylic acids is 2. The molecule has 2 aromatic carbocycles. The van der Waals surface area contributed by atoms with Crippen molar-refractivity contribution in [3.8, 4) is 0 Å². The van der Waals surface area contributed by atoms with Crippen molar-refractivity contribution in [1.82, 2.24) is 5.32 Å². The molecule has 0 saturated carbocycles. The fourth-order valence-electron chi connectivity index (χ4n) is 3.04. The summed E-state index contributed by atoms with van der Waals surface area (Å²) in [4.78, 5) is 24.1. The summed E-state index contributed by atoms with van der Waals surface area (Å²) in [6.45, 7) is -0.484. The zero-order valence-corrected chi connectivity index (χ0v) is 14.2. The van der Waals surface area contributed by atoms with Gasteiger partial charge in [-0.15, -0.1) is 0 Å². The molecule has 1 amide bonds. The molecule has 0 radical (unpaired) electrons. The number of esters is 1. The lowest BCUT2D eigenvalue weighted by Crippen LogP contribution is -2.34. The molecule has 1 atom stereocenters. The topological polar surface area (TPSA) is 55.4 Å². The van der Waals surface area contributed by atoms with Gasteiger partial charge >= 0.3 is 5.97 Å². The van der Waals surface area contributed by atoms with Crippen LogP contribution in [-0.4, -0.2) is 18.5 Å². The number of rotatable bonds is 4. The Balaban J connectivity index is 1.60. The number of carbonyl (C=O) groups is 2. The van der Waals surface area contributed by atoms with E-state index in [1.165, 1.54) is 17.7 Å². The second kappa shape index (κ2) is 7.66. The highest BCUT2D eigenvalue weighted by molar-refractivity contribution is 6.33. The van der Waals surface area contributed by atoms with Crippen molar-refractivity contribution in [2.24, 2.45) is 0 Å². The van der Waals surface area contributed by atoms with Gasteiger partial charge in [0, 0.05) is 0 Å². The highest BCUT2D eigenvalue weighted by Gasteiger charge is 2.23. The molecule has 6 heteroatoms. The van der Waals surface area contributed by atoms with Crippen molar-refractivity contribution in [1.29, 1.82) is 0 Å². The molecular weight excluding hydrogens is 345 g/mol. The Kier molecular flexibility index (Phi) is 5.34. The molecule has 4 nitrogen and oxygen atoms in total. The van der Waals surface area contributed by atoms with E-state index in [0.29, 0.717) is 0 Å². The zero-order chi connectivity index (χ0) is 17.8. The summed E-state index contributed by atoms with van der Waals surface area (Å²) >= 11 is 5.81. The lowest BCUT2D eigenvalue weighted by Gasteiger charge is -2.26. The first-order chi connectivity index (χ1) is 12.1. The number of amides is 1. The van der Waals surface area contributed by atoms with Crippen LogP contribution in [0.1, 0.15) is 40.4 Å². The van der Waals surface area contributed by atoms with E-state index in [1.807, 2.05) is 24.3 Å². The van der Waals surface area contributed by atoms with Crippen LogP contribution in [0.2, 0.25) is 5.02 Å². The van der Waals surface area contributed by atoms with Crippen LogP contribution in [0.25, 0.3) is 0 Å². The molecule has 0 bridgehead atoms. The van der Waals surface area contributed by atoms with Gasteiger partial charge in [-0.2, -0.15) is 0 Å². The van der Waals surface area contributed by atoms with Gasteiger partial charge in [-0.3, -0.25) is 4.79 Å². The van der Waals surface area contributed by atoms with Gasteiger partial charge in [-0.25, -0.2) is 9.18 Å². The summed E-state index contributed by atoms with van der Waals surface area (Å²) in [5, 5.41) is 2.82. The molecule has 2 aromatic rings. The normalized spacial score (nSPS) is 16.0. The Bertz CT molecular complexity index is 789.